The van der Waals surface area contributed by atoms with Gasteiger partial charge in [-0.1, -0.05) is 48.5 Å². The van der Waals surface area contributed by atoms with Gasteiger partial charge >= 0.3 is 0 Å². The van der Waals surface area contributed by atoms with Crippen molar-refractivity contribution in [2.45, 2.75) is 27.7 Å². The summed E-state index contributed by atoms with van der Waals surface area (Å²) in [4.78, 5) is 9.60. The normalized spacial score (nSPS) is 10.4. The van der Waals surface area contributed by atoms with Crippen molar-refractivity contribution < 1.29 is 0 Å². The van der Waals surface area contributed by atoms with E-state index in [0.29, 0.717) is 0 Å². The lowest BCUT2D eigenvalue weighted by Crippen LogP contribution is -1.93. The van der Waals surface area contributed by atoms with Gasteiger partial charge in [-0.05, 0) is 87.4 Å². The number of hydrogen-bond donors (Lipinski definition) is 2. The van der Waals surface area contributed by atoms with Gasteiger partial charge in [0.1, 0.15) is 0 Å². The molecule has 0 atom stereocenters. The number of nitrogens with zero attached hydrogens (tertiary/aromatic N) is 2. The number of hydrogen-bond acceptors (Lipinski definition) is 4. The number of para-hydroxylation sites is 2. The molecule has 2 N–H and O–H groups in total. The largest absolute Gasteiger partial charge is 0.354 e. The van der Waals surface area contributed by atoms with Crippen LogP contribution in [0.2, 0.25) is 0 Å². The Hall–Kier alpha value is -4.18. The quantitative estimate of drug-likeness (QED) is 0.278. The van der Waals surface area contributed by atoms with Crippen molar-refractivity contribution in [1.29, 1.82) is 0 Å². The molecule has 4 aromatic carbocycles. The van der Waals surface area contributed by atoms with Gasteiger partial charge in [0, 0.05) is 22.8 Å². The second-order valence-electron chi connectivity index (χ2n) is 8.56. The van der Waals surface area contributed by atoms with E-state index in [9.17, 15) is 0 Å². The standard InChI is InChI=1S/C30H30N4/c1-21(2)31-29-19-23(15-17-27(29)33-25-11-7-5-8-12-25)24-16-18-28(30(20-24)32-22(3)4)34-26-13-9-6-10-14-26/h5-20,33-34H,1-4H3. The molecule has 0 spiro atoms. The molecule has 0 saturated heterocycles. The Bertz CT molecular complexity index is 1210. The van der Waals surface area contributed by atoms with Gasteiger partial charge in [-0.2, -0.15) is 0 Å². The van der Waals surface area contributed by atoms with Crippen molar-refractivity contribution in [3.05, 3.63) is 97.1 Å². The van der Waals surface area contributed by atoms with Gasteiger partial charge in [0.25, 0.3) is 0 Å². The molecule has 0 aliphatic heterocycles. The Labute approximate surface area is 202 Å². The molecule has 0 aromatic heterocycles. The summed E-state index contributed by atoms with van der Waals surface area (Å²) in [6.45, 7) is 8.06. The summed E-state index contributed by atoms with van der Waals surface area (Å²) in [6.07, 6.45) is 0. The van der Waals surface area contributed by atoms with Crippen LogP contribution in [-0.2, 0) is 0 Å². The van der Waals surface area contributed by atoms with Crippen molar-refractivity contribution in [2.24, 2.45) is 9.98 Å². The van der Waals surface area contributed by atoms with Crippen LogP contribution in [0.4, 0.5) is 34.1 Å². The van der Waals surface area contributed by atoms with E-state index in [2.05, 4.69) is 71.3 Å². The average molecular weight is 447 g/mol. The Kier molecular flexibility index (Phi) is 7.19. The molecular weight excluding hydrogens is 416 g/mol. The molecule has 170 valence electrons. The molecule has 0 radical (unpaired) electrons. The van der Waals surface area contributed by atoms with Crippen molar-refractivity contribution in [3.8, 4) is 11.1 Å². The zero-order valence-corrected chi connectivity index (χ0v) is 20.1. The summed E-state index contributed by atoms with van der Waals surface area (Å²) >= 11 is 0. The van der Waals surface area contributed by atoms with E-state index < -0.39 is 0 Å². The second-order valence-corrected chi connectivity index (χ2v) is 8.56. The van der Waals surface area contributed by atoms with E-state index in [1.54, 1.807) is 0 Å². The van der Waals surface area contributed by atoms with E-state index >= 15 is 0 Å². The lowest BCUT2D eigenvalue weighted by molar-refractivity contribution is 1.43. The van der Waals surface area contributed by atoms with Crippen LogP contribution < -0.4 is 10.6 Å². The monoisotopic (exact) mass is 446 g/mol. The third-order valence-corrected chi connectivity index (χ3v) is 5.12. The molecule has 4 nitrogen and oxygen atoms in total. The van der Waals surface area contributed by atoms with Crippen LogP contribution in [0.5, 0.6) is 0 Å². The fourth-order valence-corrected chi connectivity index (χ4v) is 3.65. The Morgan fingerprint density at radius 1 is 0.500 bits per heavy atom. The van der Waals surface area contributed by atoms with Gasteiger partial charge in [0.2, 0.25) is 0 Å². The third kappa shape index (κ3) is 5.99. The molecule has 0 fully saturated rings. The SMILES string of the molecule is CC(C)=Nc1cc(-c2ccc(Nc3ccccc3)c(N=C(C)C)c2)ccc1Nc1ccccc1. The van der Waals surface area contributed by atoms with Crippen LogP contribution >= 0.6 is 0 Å². The summed E-state index contributed by atoms with van der Waals surface area (Å²) in [5, 5.41) is 6.98. The van der Waals surface area contributed by atoms with Crippen LogP contribution in [0.3, 0.4) is 0 Å². The first-order chi connectivity index (χ1) is 16.5. The topological polar surface area (TPSA) is 48.8 Å². The predicted molar refractivity (Wildman–Crippen MR) is 148 cm³/mol. The molecular formula is C30H30N4. The van der Waals surface area contributed by atoms with Crippen LogP contribution in [-0.4, -0.2) is 11.4 Å². The molecule has 0 unspecified atom stereocenters. The molecule has 0 aliphatic carbocycles. The lowest BCUT2D eigenvalue weighted by atomic mass is 10.0. The Morgan fingerprint density at radius 2 is 0.882 bits per heavy atom. The van der Waals surface area contributed by atoms with Gasteiger partial charge in [0.05, 0.1) is 22.7 Å². The highest BCUT2D eigenvalue weighted by molar-refractivity contribution is 5.89. The predicted octanol–water partition coefficient (Wildman–Crippen LogP) is 9.07. The van der Waals surface area contributed by atoms with Gasteiger partial charge in [-0.15, -0.1) is 0 Å². The van der Waals surface area contributed by atoms with Crippen LogP contribution in [0, 0.1) is 0 Å². The van der Waals surface area contributed by atoms with E-state index in [1.165, 1.54) is 0 Å². The van der Waals surface area contributed by atoms with Crippen LogP contribution in [0.25, 0.3) is 11.1 Å². The zero-order chi connectivity index (χ0) is 23.9. The molecule has 0 bridgehead atoms. The first kappa shape index (κ1) is 23.0. The second kappa shape index (κ2) is 10.6. The van der Waals surface area contributed by atoms with E-state index in [4.69, 9.17) is 9.98 Å². The highest BCUT2D eigenvalue weighted by Crippen LogP contribution is 2.37. The molecule has 4 aromatic rings. The van der Waals surface area contributed by atoms with Crippen LogP contribution in [0.15, 0.2) is 107 Å². The Morgan fingerprint density at radius 3 is 1.24 bits per heavy atom. The van der Waals surface area contributed by atoms with Crippen LogP contribution in [0.1, 0.15) is 27.7 Å². The number of aliphatic imine (C=N–C) groups is 2. The molecule has 0 heterocycles. The number of nitrogens with one attached hydrogen (secondary N) is 2. The highest BCUT2D eigenvalue weighted by Gasteiger charge is 2.09. The average Bonchev–Trinajstić information content (AvgIpc) is 2.82. The van der Waals surface area contributed by atoms with Crippen molar-refractivity contribution in [2.75, 3.05) is 10.6 Å². The van der Waals surface area contributed by atoms with Crippen molar-refractivity contribution >= 4 is 45.5 Å². The first-order valence-corrected chi connectivity index (χ1v) is 11.4. The number of benzene rings is 4. The molecule has 4 rings (SSSR count). The molecule has 0 aliphatic rings. The first-order valence-electron chi connectivity index (χ1n) is 11.4. The fourth-order valence-electron chi connectivity index (χ4n) is 3.65. The highest BCUT2D eigenvalue weighted by atomic mass is 14.9. The summed E-state index contributed by atoms with van der Waals surface area (Å²) < 4.78 is 0. The van der Waals surface area contributed by atoms with E-state index in [0.717, 1.165) is 56.7 Å². The maximum Gasteiger partial charge on any atom is 0.0869 e. The number of anilines is 4. The summed E-state index contributed by atoms with van der Waals surface area (Å²) in [5.41, 5.74) is 10.0. The summed E-state index contributed by atoms with van der Waals surface area (Å²) in [7, 11) is 0. The van der Waals surface area contributed by atoms with Gasteiger partial charge in [-0.3, -0.25) is 9.98 Å². The minimum atomic E-state index is 0.907. The maximum atomic E-state index is 4.80. The van der Waals surface area contributed by atoms with Crippen molar-refractivity contribution in [1.82, 2.24) is 0 Å². The smallest absolute Gasteiger partial charge is 0.0869 e. The lowest BCUT2D eigenvalue weighted by Gasteiger charge is -2.14. The minimum Gasteiger partial charge on any atom is -0.354 e. The van der Waals surface area contributed by atoms with Gasteiger partial charge in [-0.25, -0.2) is 0 Å². The number of rotatable bonds is 7. The maximum absolute atomic E-state index is 4.80. The fraction of sp³-hybridized carbons (Fsp3) is 0.133. The zero-order valence-electron chi connectivity index (χ0n) is 20.1. The van der Waals surface area contributed by atoms with Crippen molar-refractivity contribution in [3.63, 3.8) is 0 Å². The van der Waals surface area contributed by atoms with E-state index in [-0.39, 0.29) is 0 Å². The molecule has 0 saturated carbocycles. The summed E-state index contributed by atoms with van der Waals surface area (Å²) in [5.74, 6) is 0. The Balaban J connectivity index is 1.72. The van der Waals surface area contributed by atoms with Gasteiger partial charge in [0.15, 0.2) is 0 Å². The van der Waals surface area contributed by atoms with Gasteiger partial charge < -0.3 is 10.6 Å². The summed E-state index contributed by atoms with van der Waals surface area (Å²) in [6, 6.07) is 33.0. The third-order valence-electron chi connectivity index (χ3n) is 5.12. The minimum absolute atomic E-state index is 0.907. The molecule has 4 heteroatoms. The van der Waals surface area contributed by atoms with E-state index in [1.807, 2.05) is 64.1 Å². The molecule has 0 amide bonds. The molecule has 34 heavy (non-hydrogen) atoms.